The van der Waals surface area contributed by atoms with Gasteiger partial charge in [-0.15, -0.1) is 0 Å². The van der Waals surface area contributed by atoms with E-state index in [1.165, 1.54) is 0 Å². The lowest BCUT2D eigenvalue weighted by Gasteiger charge is -2.37. The van der Waals surface area contributed by atoms with Gasteiger partial charge < -0.3 is 19.8 Å². The molecule has 2 aromatic rings. The van der Waals surface area contributed by atoms with E-state index in [1.54, 1.807) is 6.92 Å². The van der Waals surface area contributed by atoms with Gasteiger partial charge in [-0.25, -0.2) is 0 Å². The number of fused-ring (bicyclic) bond motifs is 1. The smallest absolute Gasteiger partial charge is 0.286 e. The number of hydrogen-bond acceptors (Lipinski definition) is 8. The highest BCUT2D eigenvalue weighted by Gasteiger charge is 2.39. The maximum atomic E-state index is 11.8. The number of benzene rings is 2. The van der Waals surface area contributed by atoms with Crippen LogP contribution in [0, 0.1) is 20.8 Å². The molecule has 0 bridgehead atoms. The van der Waals surface area contributed by atoms with Crippen LogP contribution < -0.4 is 14.8 Å². The second-order valence-corrected chi connectivity index (χ2v) is 9.90. The van der Waals surface area contributed by atoms with Crippen LogP contribution in [0.4, 0.5) is 4.79 Å². The average molecular weight is 471 g/mol. The third kappa shape index (κ3) is 4.37. The Balaban J connectivity index is 1.48. The van der Waals surface area contributed by atoms with Crippen molar-refractivity contribution in [2.75, 3.05) is 6.61 Å². The highest BCUT2D eigenvalue weighted by molar-refractivity contribution is 8.15. The Labute approximate surface area is 196 Å². The molecule has 2 heterocycles. The standard InChI is InChI=1S/C24H26N2O6S/c1-12-13(2)21-19(14(3)20(12)27)17(26-30)10-24(4,32-21)11-31-16-7-5-15(6-8-16)9-18-22(28)25-23(29)33-18/h5-8,18,27,30H,9-11H2,1-4H3,(H,25,28,29). The summed E-state index contributed by atoms with van der Waals surface area (Å²) in [5, 5.41) is 25.2. The summed E-state index contributed by atoms with van der Waals surface area (Å²) in [5.41, 5.74) is 3.33. The van der Waals surface area contributed by atoms with E-state index < -0.39 is 10.9 Å². The van der Waals surface area contributed by atoms with Crippen LogP contribution >= 0.6 is 11.8 Å². The van der Waals surface area contributed by atoms with Crippen LogP contribution in [0.2, 0.25) is 0 Å². The number of phenolic OH excluding ortho intramolecular Hbond substituents is 1. The first-order chi connectivity index (χ1) is 15.6. The van der Waals surface area contributed by atoms with Crippen molar-refractivity contribution in [3.05, 3.63) is 52.1 Å². The van der Waals surface area contributed by atoms with Crippen molar-refractivity contribution < 1.29 is 29.4 Å². The molecule has 8 nitrogen and oxygen atoms in total. The largest absolute Gasteiger partial charge is 0.507 e. The molecule has 2 amide bonds. The van der Waals surface area contributed by atoms with Gasteiger partial charge in [-0.3, -0.25) is 14.9 Å². The average Bonchev–Trinajstić information content (AvgIpc) is 3.11. The van der Waals surface area contributed by atoms with Gasteiger partial charge in [0.05, 0.1) is 11.0 Å². The third-order valence-electron chi connectivity index (χ3n) is 6.17. The molecule has 9 heteroatoms. The molecule has 2 aromatic carbocycles. The number of carbonyl (C=O) groups excluding carboxylic acids is 2. The Morgan fingerprint density at radius 3 is 2.48 bits per heavy atom. The summed E-state index contributed by atoms with van der Waals surface area (Å²) >= 11 is 1.01. The first kappa shape index (κ1) is 23.0. The highest BCUT2D eigenvalue weighted by Crippen LogP contribution is 2.43. The maximum Gasteiger partial charge on any atom is 0.286 e. The van der Waals surface area contributed by atoms with Crippen LogP contribution in [0.5, 0.6) is 17.2 Å². The predicted molar refractivity (Wildman–Crippen MR) is 125 cm³/mol. The zero-order valence-corrected chi connectivity index (χ0v) is 19.7. The van der Waals surface area contributed by atoms with E-state index in [0.717, 1.165) is 28.5 Å². The Morgan fingerprint density at radius 2 is 1.88 bits per heavy atom. The van der Waals surface area contributed by atoms with Crippen molar-refractivity contribution >= 4 is 28.6 Å². The maximum absolute atomic E-state index is 11.8. The molecule has 2 aliphatic rings. The molecule has 2 atom stereocenters. The molecule has 174 valence electrons. The van der Waals surface area contributed by atoms with Gasteiger partial charge in [-0.2, -0.15) is 0 Å². The lowest BCUT2D eigenvalue weighted by atomic mass is 9.86. The highest BCUT2D eigenvalue weighted by atomic mass is 32.2. The van der Waals surface area contributed by atoms with Crippen molar-refractivity contribution in [3.8, 4) is 17.2 Å². The normalized spacial score (nSPS) is 23.3. The first-order valence-corrected chi connectivity index (χ1v) is 11.5. The Bertz CT molecular complexity index is 1160. The Kier molecular flexibility index (Phi) is 6.00. The van der Waals surface area contributed by atoms with E-state index in [2.05, 4.69) is 10.5 Å². The van der Waals surface area contributed by atoms with Gasteiger partial charge in [-0.1, -0.05) is 29.1 Å². The van der Waals surface area contributed by atoms with Crippen molar-refractivity contribution in [1.82, 2.24) is 5.32 Å². The van der Waals surface area contributed by atoms with Crippen LogP contribution in [0.15, 0.2) is 29.4 Å². The molecule has 3 N–H and O–H groups in total. The Morgan fingerprint density at radius 1 is 1.18 bits per heavy atom. The van der Waals surface area contributed by atoms with Gasteiger partial charge >= 0.3 is 0 Å². The summed E-state index contributed by atoms with van der Waals surface area (Å²) < 4.78 is 12.3. The van der Waals surface area contributed by atoms with Crippen LogP contribution in [0.25, 0.3) is 0 Å². The topological polar surface area (TPSA) is 117 Å². The van der Waals surface area contributed by atoms with E-state index in [1.807, 2.05) is 45.0 Å². The number of nitrogens with zero attached hydrogens (tertiary/aromatic N) is 1. The molecule has 2 aliphatic heterocycles. The summed E-state index contributed by atoms with van der Waals surface area (Å²) in [5.74, 6) is 1.13. The van der Waals surface area contributed by atoms with Crippen molar-refractivity contribution in [1.29, 1.82) is 0 Å². The minimum atomic E-state index is -0.785. The fourth-order valence-electron chi connectivity index (χ4n) is 4.17. The van der Waals surface area contributed by atoms with Gasteiger partial charge in [-0.05, 0) is 62.9 Å². The third-order valence-corrected chi connectivity index (χ3v) is 7.15. The monoisotopic (exact) mass is 470 g/mol. The fourth-order valence-corrected chi connectivity index (χ4v) is 5.03. The molecule has 0 aliphatic carbocycles. The number of ether oxygens (including phenoxy) is 2. The number of imide groups is 1. The SMILES string of the molecule is Cc1c(C)c2c(c(C)c1O)C(=NO)CC(C)(COc1ccc(CC3SC(=O)NC3=O)cc1)O2. The molecule has 0 radical (unpaired) electrons. The molecular formula is C24H26N2O6S. The summed E-state index contributed by atoms with van der Waals surface area (Å²) in [6.45, 7) is 7.56. The predicted octanol–water partition coefficient (Wildman–Crippen LogP) is 4.01. The second-order valence-electron chi connectivity index (χ2n) is 8.72. The van der Waals surface area contributed by atoms with E-state index in [-0.39, 0.29) is 23.5 Å². The van der Waals surface area contributed by atoms with Gasteiger partial charge in [0.15, 0.2) is 0 Å². The molecule has 4 rings (SSSR count). The van der Waals surface area contributed by atoms with Crippen molar-refractivity contribution in [2.45, 2.75) is 51.4 Å². The van der Waals surface area contributed by atoms with Crippen LogP contribution in [0.1, 0.15) is 41.2 Å². The first-order valence-electron chi connectivity index (χ1n) is 10.6. The van der Waals surface area contributed by atoms with E-state index in [0.29, 0.717) is 41.2 Å². The van der Waals surface area contributed by atoms with Crippen LogP contribution in [-0.2, 0) is 11.2 Å². The van der Waals surface area contributed by atoms with Crippen LogP contribution in [0.3, 0.4) is 0 Å². The van der Waals surface area contributed by atoms with Gasteiger partial charge in [0.25, 0.3) is 5.24 Å². The van der Waals surface area contributed by atoms with Crippen molar-refractivity contribution in [3.63, 3.8) is 0 Å². The van der Waals surface area contributed by atoms with E-state index in [9.17, 15) is 19.9 Å². The number of thioether (sulfide) groups is 1. The molecule has 0 saturated carbocycles. The molecule has 0 spiro atoms. The molecule has 33 heavy (non-hydrogen) atoms. The summed E-state index contributed by atoms with van der Waals surface area (Å²) in [6, 6.07) is 7.36. The minimum Gasteiger partial charge on any atom is -0.507 e. The number of hydrogen-bond donors (Lipinski definition) is 3. The number of rotatable bonds is 5. The summed E-state index contributed by atoms with van der Waals surface area (Å²) in [6.07, 6.45) is 0.765. The molecule has 1 fully saturated rings. The second kappa shape index (κ2) is 8.62. The number of phenols is 1. The van der Waals surface area contributed by atoms with Crippen molar-refractivity contribution in [2.24, 2.45) is 5.16 Å². The lowest BCUT2D eigenvalue weighted by Crippen LogP contribution is -2.45. The Hall–Kier alpha value is -3.20. The minimum absolute atomic E-state index is 0.175. The molecule has 0 aromatic heterocycles. The number of aromatic hydroxyl groups is 1. The lowest BCUT2D eigenvalue weighted by molar-refractivity contribution is -0.118. The quantitative estimate of drug-likeness (QED) is 0.446. The van der Waals surface area contributed by atoms with Gasteiger partial charge in [0, 0.05) is 17.5 Å². The van der Waals surface area contributed by atoms with Gasteiger partial charge in [0.1, 0.15) is 29.5 Å². The number of carbonyl (C=O) groups is 2. The zero-order valence-electron chi connectivity index (χ0n) is 18.9. The number of nitrogens with one attached hydrogen (secondary N) is 1. The van der Waals surface area contributed by atoms with Gasteiger partial charge in [0.2, 0.25) is 5.91 Å². The number of oxime groups is 1. The summed E-state index contributed by atoms with van der Waals surface area (Å²) in [4.78, 5) is 23.1. The van der Waals surface area contributed by atoms with E-state index >= 15 is 0 Å². The summed E-state index contributed by atoms with van der Waals surface area (Å²) in [7, 11) is 0. The molecule has 2 unspecified atom stereocenters. The zero-order chi connectivity index (χ0) is 23.9. The molecular weight excluding hydrogens is 444 g/mol. The fraction of sp³-hybridized carbons (Fsp3) is 0.375. The van der Waals surface area contributed by atoms with Crippen LogP contribution in [-0.4, -0.2) is 44.6 Å². The van der Waals surface area contributed by atoms with E-state index in [4.69, 9.17) is 9.47 Å². The molecule has 1 saturated heterocycles. The number of amides is 2.